The summed E-state index contributed by atoms with van der Waals surface area (Å²) in [4.78, 5) is 7.71. The van der Waals surface area contributed by atoms with E-state index in [2.05, 4.69) is 15.3 Å². The molecule has 0 unspecified atom stereocenters. The van der Waals surface area contributed by atoms with Crippen LogP contribution in [-0.4, -0.2) is 22.8 Å². The first-order valence-corrected chi connectivity index (χ1v) is 5.44. The topological polar surface area (TPSA) is 59.2 Å². The maximum Gasteiger partial charge on any atom is 0.231 e. The normalized spacial score (nSPS) is 18.0. The molecule has 4 rings (SSSR count). The maximum atomic E-state index is 5.32. The van der Waals surface area contributed by atoms with E-state index in [9.17, 15) is 0 Å². The third-order valence-electron chi connectivity index (χ3n) is 2.89. The van der Waals surface area contributed by atoms with Gasteiger partial charge in [0.15, 0.2) is 11.5 Å². The zero-order valence-corrected chi connectivity index (χ0v) is 8.62. The molecule has 0 atom stereocenters. The summed E-state index contributed by atoms with van der Waals surface area (Å²) >= 11 is 0. The number of benzene rings is 1. The molecule has 0 saturated heterocycles. The number of anilines is 1. The summed E-state index contributed by atoms with van der Waals surface area (Å²) in [5.41, 5.74) is 1.89. The van der Waals surface area contributed by atoms with E-state index < -0.39 is 0 Å². The standard InChI is InChI=1S/C11H11N3O2/c1-2-6(1)12-11-13-7-3-9-10(16-5-15-9)4-8(7)14-11/h3-4,6H,1-2,5H2,(H2,12,13,14). The number of nitrogens with one attached hydrogen (secondary N) is 2. The Morgan fingerprint density at radius 1 is 1.25 bits per heavy atom. The number of rotatable bonds is 2. The third kappa shape index (κ3) is 1.21. The average molecular weight is 217 g/mol. The number of imidazole rings is 1. The molecule has 1 aromatic heterocycles. The van der Waals surface area contributed by atoms with Gasteiger partial charge in [0.2, 0.25) is 12.7 Å². The zero-order valence-electron chi connectivity index (χ0n) is 8.62. The summed E-state index contributed by atoms with van der Waals surface area (Å²) in [7, 11) is 0. The molecule has 1 aliphatic carbocycles. The van der Waals surface area contributed by atoms with Crippen LogP contribution in [0.5, 0.6) is 11.5 Å². The summed E-state index contributed by atoms with van der Waals surface area (Å²) in [5, 5.41) is 3.33. The highest BCUT2D eigenvalue weighted by Crippen LogP contribution is 2.36. The predicted molar refractivity (Wildman–Crippen MR) is 58.9 cm³/mol. The lowest BCUT2D eigenvalue weighted by Crippen LogP contribution is -2.01. The van der Waals surface area contributed by atoms with Crippen molar-refractivity contribution < 1.29 is 9.47 Å². The third-order valence-corrected chi connectivity index (χ3v) is 2.89. The van der Waals surface area contributed by atoms with Gasteiger partial charge in [0, 0.05) is 18.2 Å². The summed E-state index contributed by atoms with van der Waals surface area (Å²) in [6.45, 7) is 0.301. The molecule has 2 aromatic rings. The monoisotopic (exact) mass is 217 g/mol. The smallest absolute Gasteiger partial charge is 0.231 e. The average Bonchev–Trinajstić information content (AvgIpc) is 2.83. The molecular weight excluding hydrogens is 206 g/mol. The predicted octanol–water partition coefficient (Wildman–Crippen LogP) is 1.87. The number of fused-ring (bicyclic) bond motifs is 2. The highest BCUT2D eigenvalue weighted by atomic mass is 16.7. The maximum absolute atomic E-state index is 5.32. The fraction of sp³-hybridized carbons (Fsp3) is 0.364. The summed E-state index contributed by atoms with van der Waals surface area (Å²) in [5.74, 6) is 2.40. The zero-order chi connectivity index (χ0) is 10.5. The Bertz CT molecular complexity index is 519. The van der Waals surface area contributed by atoms with Gasteiger partial charge in [-0.1, -0.05) is 0 Å². The van der Waals surface area contributed by atoms with E-state index in [1.54, 1.807) is 0 Å². The Labute approximate surface area is 91.8 Å². The van der Waals surface area contributed by atoms with Crippen LogP contribution in [0.15, 0.2) is 12.1 Å². The Morgan fingerprint density at radius 3 is 2.88 bits per heavy atom. The van der Waals surface area contributed by atoms with Crippen molar-refractivity contribution in [3.05, 3.63) is 12.1 Å². The van der Waals surface area contributed by atoms with Crippen molar-refractivity contribution in [3.63, 3.8) is 0 Å². The number of ether oxygens (including phenoxy) is 2. The minimum atomic E-state index is 0.301. The van der Waals surface area contributed by atoms with Crippen LogP contribution in [-0.2, 0) is 0 Å². The highest BCUT2D eigenvalue weighted by molar-refractivity contribution is 5.82. The van der Waals surface area contributed by atoms with Crippen LogP contribution in [0.4, 0.5) is 5.95 Å². The molecule has 1 saturated carbocycles. The van der Waals surface area contributed by atoms with E-state index in [1.165, 1.54) is 12.8 Å². The lowest BCUT2D eigenvalue weighted by Gasteiger charge is -1.95. The summed E-state index contributed by atoms with van der Waals surface area (Å²) in [6, 6.07) is 4.44. The van der Waals surface area contributed by atoms with Gasteiger partial charge in [0.1, 0.15) is 0 Å². The second-order valence-electron chi connectivity index (χ2n) is 4.23. The molecule has 1 aromatic carbocycles. The Kier molecular flexibility index (Phi) is 1.45. The Morgan fingerprint density at radius 2 is 2.06 bits per heavy atom. The van der Waals surface area contributed by atoms with Gasteiger partial charge in [-0.3, -0.25) is 0 Å². The van der Waals surface area contributed by atoms with Crippen LogP contribution in [0.1, 0.15) is 12.8 Å². The Hall–Kier alpha value is -1.91. The van der Waals surface area contributed by atoms with Crippen LogP contribution in [0, 0.1) is 0 Å². The van der Waals surface area contributed by atoms with Crippen LogP contribution in [0.2, 0.25) is 0 Å². The van der Waals surface area contributed by atoms with Crippen molar-refractivity contribution in [3.8, 4) is 11.5 Å². The van der Waals surface area contributed by atoms with Gasteiger partial charge in [-0.2, -0.15) is 0 Å². The quantitative estimate of drug-likeness (QED) is 0.806. The molecule has 0 amide bonds. The van der Waals surface area contributed by atoms with Crippen molar-refractivity contribution >= 4 is 17.0 Å². The largest absolute Gasteiger partial charge is 0.454 e. The van der Waals surface area contributed by atoms with Gasteiger partial charge < -0.3 is 19.8 Å². The van der Waals surface area contributed by atoms with Gasteiger partial charge in [0.05, 0.1) is 11.0 Å². The van der Waals surface area contributed by atoms with Crippen LogP contribution in [0.3, 0.4) is 0 Å². The molecule has 0 spiro atoms. The first-order chi connectivity index (χ1) is 7.88. The molecule has 2 N–H and O–H groups in total. The van der Waals surface area contributed by atoms with Gasteiger partial charge >= 0.3 is 0 Å². The van der Waals surface area contributed by atoms with Crippen molar-refractivity contribution in [2.75, 3.05) is 12.1 Å². The van der Waals surface area contributed by atoms with Crippen molar-refractivity contribution in [1.29, 1.82) is 0 Å². The molecule has 1 aliphatic heterocycles. The minimum absolute atomic E-state index is 0.301. The molecule has 0 bridgehead atoms. The van der Waals surface area contributed by atoms with Crippen molar-refractivity contribution in [2.24, 2.45) is 0 Å². The van der Waals surface area contributed by atoms with Gasteiger partial charge in [-0.05, 0) is 12.8 Å². The van der Waals surface area contributed by atoms with Crippen LogP contribution < -0.4 is 14.8 Å². The van der Waals surface area contributed by atoms with E-state index in [0.29, 0.717) is 12.8 Å². The van der Waals surface area contributed by atoms with Crippen LogP contribution >= 0.6 is 0 Å². The van der Waals surface area contributed by atoms with E-state index in [1.807, 2.05) is 12.1 Å². The van der Waals surface area contributed by atoms with Gasteiger partial charge in [0.25, 0.3) is 0 Å². The fourth-order valence-corrected chi connectivity index (χ4v) is 1.89. The summed E-state index contributed by atoms with van der Waals surface area (Å²) < 4.78 is 10.6. The summed E-state index contributed by atoms with van der Waals surface area (Å²) in [6.07, 6.45) is 2.47. The van der Waals surface area contributed by atoms with E-state index >= 15 is 0 Å². The number of hydrogen-bond acceptors (Lipinski definition) is 4. The second-order valence-corrected chi connectivity index (χ2v) is 4.23. The molecule has 82 valence electrons. The first kappa shape index (κ1) is 8.27. The van der Waals surface area contributed by atoms with E-state index in [4.69, 9.17) is 9.47 Å². The van der Waals surface area contributed by atoms with E-state index in [0.717, 1.165) is 28.5 Å². The van der Waals surface area contributed by atoms with E-state index in [-0.39, 0.29) is 0 Å². The van der Waals surface area contributed by atoms with Crippen LogP contribution in [0.25, 0.3) is 11.0 Å². The van der Waals surface area contributed by atoms with Gasteiger partial charge in [-0.25, -0.2) is 4.98 Å². The number of H-pyrrole nitrogens is 1. The fourth-order valence-electron chi connectivity index (χ4n) is 1.89. The van der Waals surface area contributed by atoms with Crippen molar-refractivity contribution in [2.45, 2.75) is 18.9 Å². The first-order valence-electron chi connectivity index (χ1n) is 5.44. The molecule has 5 nitrogen and oxygen atoms in total. The highest BCUT2D eigenvalue weighted by Gasteiger charge is 2.22. The molecule has 16 heavy (non-hydrogen) atoms. The number of aromatic amines is 1. The van der Waals surface area contributed by atoms with Gasteiger partial charge in [-0.15, -0.1) is 0 Å². The van der Waals surface area contributed by atoms with Crippen molar-refractivity contribution in [1.82, 2.24) is 9.97 Å². The number of aromatic nitrogens is 2. The molecule has 1 fully saturated rings. The lowest BCUT2D eigenvalue weighted by molar-refractivity contribution is 0.174. The molecular formula is C11H11N3O2. The number of hydrogen-bond donors (Lipinski definition) is 2. The molecule has 2 aliphatic rings. The second kappa shape index (κ2) is 2.81. The lowest BCUT2D eigenvalue weighted by atomic mass is 10.3. The minimum Gasteiger partial charge on any atom is -0.454 e. The number of nitrogens with zero attached hydrogens (tertiary/aromatic N) is 1. The molecule has 5 heteroatoms. The molecule has 2 heterocycles. The SMILES string of the molecule is c1c2c(cc3[nH]c(NC4CC4)nc13)OCO2. The molecule has 0 radical (unpaired) electrons. The Balaban J connectivity index is 1.79.